The molecule has 7 heteroatoms. The molecule has 0 unspecified atom stereocenters. The number of likely N-dealkylation sites (N-methyl/N-ethyl adjacent to an activating group) is 1. The summed E-state index contributed by atoms with van der Waals surface area (Å²) in [7, 11) is 7.31. The van der Waals surface area contributed by atoms with Gasteiger partial charge in [-0.25, -0.2) is 0 Å². The molecule has 1 aliphatic carbocycles. The Hall–Kier alpha value is -3.63. The first-order chi connectivity index (χ1) is 17.5. The number of unbranched alkanes of at least 4 members (excludes halogenated alkanes) is 2. The molecule has 1 N–H and O–H groups in total. The normalized spacial score (nSPS) is 14.0. The van der Waals surface area contributed by atoms with Gasteiger partial charge in [0.05, 0.1) is 19.9 Å². The van der Waals surface area contributed by atoms with Gasteiger partial charge in [-0.1, -0.05) is 30.8 Å². The Labute approximate surface area is 213 Å². The third kappa shape index (κ3) is 5.14. The van der Waals surface area contributed by atoms with Crippen LogP contribution in [-0.4, -0.2) is 63.2 Å². The second-order valence-corrected chi connectivity index (χ2v) is 9.18. The summed E-state index contributed by atoms with van der Waals surface area (Å²) in [4.78, 5) is 11.6. The van der Waals surface area contributed by atoms with Gasteiger partial charge in [0.1, 0.15) is 18.1 Å². The molecule has 1 atom stereocenters. The minimum Gasteiger partial charge on any atom is -0.493 e. The molecule has 0 saturated heterocycles. The second-order valence-electron chi connectivity index (χ2n) is 9.18. The Morgan fingerprint density at radius 2 is 1.81 bits per heavy atom. The van der Waals surface area contributed by atoms with E-state index in [-0.39, 0.29) is 6.10 Å². The minimum atomic E-state index is -0.383. The minimum absolute atomic E-state index is 0.383. The first kappa shape index (κ1) is 25.5. The van der Waals surface area contributed by atoms with Crippen LogP contribution in [-0.2, 0) is 4.84 Å². The van der Waals surface area contributed by atoms with Crippen molar-refractivity contribution in [1.29, 1.82) is 0 Å². The fraction of sp³-hybridized carbons (Fsp3) is 0.414. The van der Waals surface area contributed by atoms with Gasteiger partial charge in [0.25, 0.3) is 0 Å². The highest BCUT2D eigenvalue weighted by Gasteiger charge is 2.32. The topological polar surface area (TPSA) is 68.3 Å². The molecule has 0 aliphatic heterocycles. The van der Waals surface area contributed by atoms with Gasteiger partial charge in [0.15, 0.2) is 17.6 Å². The zero-order chi connectivity index (χ0) is 25.7. The van der Waals surface area contributed by atoms with E-state index < -0.39 is 0 Å². The van der Waals surface area contributed by atoms with E-state index in [1.54, 1.807) is 14.2 Å². The molecule has 1 heterocycles. The van der Waals surface area contributed by atoms with E-state index in [4.69, 9.17) is 25.5 Å². The van der Waals surface area contributed by atoms with Crippen LogP contribution in [0.2, 0.25) is 0 Å². The van der Waals surface area contributed by atoms with Gasteiger partial charge in [-0.3, -0.25) is 0 Å². The molecule has 0 spiro atoms. The first-order valence-electron chi connectivity index (χ1n) is 12.4. The number of oxime groups is 1. The lowest BCUT2D eigenvalue weighted by molar-refractivity contribution is 0.0916. The van der Waals surface area contributed by atoms with Crippen LogP contribution >= 0.6 is 0 Å². The molecule has 0 amide bonds. The van der Waals surface area contributed by atoms with E-state index in [9.17, 15) is 0 Å². The standard InChI is InChI=1S/C29H35N3O4/c1-7-9-10-11-19(8-2)36-31-29-22-18-26(34-6)25(33-5)17-21(22)28-27(29)23-16-20(12-13-24(23)30-28)35-15-14-32(3)4/h2,12-13,16-19,30H,7,9-11,14-15H2,1,3-6H3/t19-/m1/s1. The fourth-order valence-electron chi connectivity index (χ4n) is 4.43. The van der Waals surface area contributed by atoms with E-state index >= 15 is 0 Å². The zero-order valence-electron chi connectivity index (χ0n) is 21.8. The van der Waals surface area contributed by atoms with E-state index in [1.807, 2.05) is 38.4 Å². The average Bonchev–Trinajstić information content (AvgIpc) is 3.39. The number of fused-ring (bicyclic) bond motifs is 5. The van der Waals surface area contributed by atoms with Crippen molar-refractivity contribution in [3.63, 3.8) is 0 Å². The number of hydrogen-bond donors (Lipinski definition) is 1. The molecule has 2 aromatic carbocycles. The first-order valence-corrected chi connectivity index (χ1v) is 12.4. The molecule has 0 fully saturated rings. The van der Waals surface area contributed by atoms with Gasteiger partial charge in [0.2, 0.25) is 0 Å². The Morgan fingerprint density at radius 1 is 1.06 bits per heavy atom. The molecule has 190 valence electrons. The van der Waals surface area contributed by atoms with E-state index in [1.165, 1.54) is 0 Å². The smallest absolute Gasteiger partial charge is 0.187 e. The van der Waals surface area contributed by atoms with Crippen molar-refractivity contribution in [2.24, 2.45) is 5.16 Å². The SMILES string of the molecule is C#C[C@H](CCCCC)ON=C1c2cc(OC)c(OC)cc2-c2[nH]c3ccc(OCCN(C)C)cc3c21. The number of nitrogens with one attached hydrogen (secondary N) is 1. The Balaban J connectivity index is 1.78. The largest absolute Gasteiger partial charge is 0.493 e. The highest BCUT2D eigenvalue weighted by Crippen LogP contribution is 2.46. The number of rotatable bonds is 12. The second kappa shape index (κ2) is 11.4. The van der Waals surface area contributed by atoms with Crippen molar-refractivity contribution in [3.05, 3.63) is 41.5 Å². The molecule has 0 bridgehead atoms. The Kier molecular flexibility index (Phi) is 8.07. The van der Waals surface area contributed by atoms with Crippen molar-refractivity contribution in [2.45, 2.75) is 38.7 Å². The lowest BCUT2D eigenvalue weighted by Crippen LogP contribution is -2.19. The van der Waals surface area contributed by atoms with Gasteiger partial charge in [0, 0.05) is 34.1 Å². The average molecular weight is 490 g/mol. The summed E-state index contributed by atoms with van der Waals surface area (Å²) in [6.07, 6.45) is 9.39. The molecule has 0 radical (unpaired) electrons. The quantitative estimate of drug-likeness (QED) is 0.163. The predicted octanol–water partition coefficient (Wildman–Crippen LogP) is 5.46. The van der Waals surface area contributed by atoms with Crippen LogP contribution in [0, 0.1) is 12.3 Å². The number of methoxy groups -OCH3 is 2. The van der Waals surface area contributed by atoms with Crippen molar-refractivity contribution in [1.82, 2.24) is 9.88 Å². The van der Waals surface area contributed by atoms with Crippen molar-refractivity contribution in [3.8, 4) is 40.8 Å². The number of benzene rings is 2. The third-order valence-electron chi connectivity index (χ3n) is 6.39. The molecular weight excluding hydrogens is 454 g/mol. The van der Waals surface area contributed by atoms with Crippen molar-refractivity contribution >= 4 is 16.6 Å². The van der Waals surface area contributed by atoms with Crippen molar-refractivity contribution in [2.75, 3.05) is 41.5 Å². The van der Waals surface area contributed by atoms with Gasteiger partial charge >= 0.3 is 0 Å². The molecule has 3 aromatic rings. The molecular formula is C29H35N3O4. The maximum Gasteiger partial charge on any atom is 0.187 e. The molecule has 7 nitrogen and oxygen atoms in total. The summed E-state index contributed by atoms with van der Waals surface area (Å²) >= 11 is 0. The predicted molar refractivity (Wildman–Crippen MR) is 144 cm³/mol. The van der Waals surface area contributed by atoms with E-state index in [2.05, 4.69) is 34.0 Å². The fourth-order valence-corrected chi connectivity index (χ4v) is 4.43. The lowest BCUT2D eigenvalue weighted by Gasteiger charge is -2.13. The summed E-state index contributed by atoms with van der Waals surface area (Å²) in [6.45, 7) is 3.60. The van der Waals surface area contributed by atoms with Gasteiger partial charge < -0.3 is 28.9 Å². The van der Waals surface area contributed by atoms with Gasteiger partial charge in [-0.15, -0.1) is 6.42 Å². The number of terminal acetylenes is 1. The number of aromatic nitrogens is 1. The van der Waals surface area contributed by atoms with Crippen LogP contribution in [0.1, 0.15) is 43.7 Å². The number of hydrogen-bond acceptors (Lipinski definition) is 6. The number of nitrogens with zero attached hydrogens (tertiary/aromatic N) is 2. The maximum atomic E-state index is 6.02. The van der Waals surface area contributed by atoms with E-state index in [0.717, 1.165) is 71.3 Å². The summed E-state index contributed by atoms with van der Waals surface area (Å²) in [5, 5.41) is 5.64. The van der Waals surface area contributed by atoms with Crippen LogP contribution in [0.25, 0.3) is 22.2 Å². The summed E-state index contributed by atoms with van der Waals surface area (Å²) in [5.74, 6) is 4.82. The molecule has 1 aliphatic rings. The van der Waals surface area contributed by atoms with Gasteiger partial charge in [-0.2, -0.15) is 0 Å². The van der Waals surface area contributed by atoms with Crippen LogP contribution in [0.5, 0.6) is 17.2 Å². The summed E-state index contributed by atoms with van der Waals surface area (Å²) in [5.41, 5.74) is 5.49. The van der Waals surface area contributed by atoms with Crippen LogP contribution in [0.3, 0.4) is 0 Å². The van der Waals surface area contributed by atoms with E-state index in [0.29, 0.717) is 23.8 Å². The van der Waals surface area contributed by atoms with Crippen LogP contribution in [0.15, 0.2) is 35.5 Å². The number of H-pyrrole nitrogens is 1. The zero-order valence-corrected chi connectivity index (χ0v) is 21.8. The molecule has 1 aromatic heterocycles. The maximum absolute atomic E-state index is 6.02. The van der Waals surface area contributed by atoms with Gasteiger partial charge in [-0.05, 0) is 57.3 Å². The van der Waals surface area contributed by atoms with Crippen LogP contribution < -0.4 is 14.2 Å². The monoisotopic (exact) mass is 489 g/mol. The highest BCUT2D eigenvalue weighted by molar-refractivity contribution is 6.30. The Bertz CT molecular complexity index is 1290. The molecule has 0 saturated carbocycles. The summed E-state index contributed by atoms with van der Waals surface area (Å²) < 4.78 is 17.2. The third-order valence-corrected chi connectivity index (χ3v) is 6.39. The Morgan fingerprint density at radius 3 is 2.47 bits per heavy atom. The number of aromatic amines is 1. The van der Waals surface area contributed by atoms with Crippen LogP contribution in [0.4, 0.5) is 0 Å². The molecule has 4 rings (SSSR count). The van der Waals surface area contributed by atoms with Crippen molar-refractivity contribution < 1.29 is 19.0 Å². The summed E-state index contributed by atoms with van der Waals surface area (Å²) in [6, 6.07) is 9.98. The molecule has 36 heavy (non-hydrogen) atoms. The highest BCUT2D eigenvalue weighted by atomic mass is 16.6. The lowest BCUT2D eigenvalue weighted by atomic mass is 10.1. The number of ether oxygens (including phenoxy) is 3.